The van der Waals surface area contributed by atoms with Gasteiger partial charge in [0.2, 0.25) is 16.9 Å². The lowest BCUT2D eigenvalue weighted by Gasteiger charge is -2.03. The monoisotopic (exact) mass is 318 g/mol. The maximum absolute atomic E-state index is 12.0. The van der Waals surface area contributed by atoms with Crippen LogP contribution < -0.4 is 10.1 Å². The number of carbonyl (C=O) groups is 1. The SMILES string of the molecule is COc1ccc(CC(=O)Nc2nnc(C3CCCC3)s2)cn1. The molecule has 1 fully saturated rings. The number of nitrogens with one attached hydrogen (secondary N) is 1. The molecule has 0 bridgehead atoms. The molecule has 116 valence electrons. The molecule has 0 unspecified atom stereocenters. The fraction of sp³-hybridized carbons (Fsp3) is 0.467. The van der Waals surface area contributed by atoms with Crippen LogP contribution in [0.4, 0.5) is 5.13 Å². The summed E-state index contributed by atoms with van der Waals surface area (Å²) in [6.07, 6.45) is 6.78. The number of ether oxygens (including phenoxy) is 1. The molecule has 2 heterocycles. The van der Waals surface area contributed by atoms with Gasteiger partial charge < -0.3 is 10.1 Å². The number of rotatable bonds is 5. The molecule has 0 aromatic carbocycles. The Hall–Kier alpha value is -2.02. The van der Waals surface area contributed by atoms with Crippen LogP contribution in [0.1, 0.15) is 42.2 Å². The molecule has 0 saturated heterocycles. The summed E-state index contributed by atoms with van der Waals surface area (Å²) < 4.78 is 4.99. The Bertz CT molecular complexity index is 635. The van der Waals surface area contributed by atoms with Crippen molar-refractivity contribution in [3.63, 3.8) is 0 Å². The lowest BCUT2D eigenvalue weighted by atomic mass is 10.1. The smallest absolute Gasteiger partial charge is 0.230 e. The number of anilines is 1. The normalized spacial score (nSPS) is 15.0. The highest BCUT2D eigenvalue weighted by atomic mass is 32.1. The molecule has 22 heavy (non-hydrogen) atoms. The van der Waals surface area contributed by atoms with E-state index in [1.54, 1.807) is 19.4 Å². The van der Waals surface area contributed by atoms with Crippen LogP contribution in [0.3, 0.4) is 0 Å². The van der Waals surface area contributed by atoms with Gasteiger partial charge in [-0.3, -0.25) is 4.79 Å². The summed E-state index contributed by atoms with van der Waals surface area (Å²) >= 11 is 1.49. The summed E-state index contributed by atoms with van der Waals surface area (Å²) in [5.41, 5.74) is 0.832. The molecule has 1 aliphatic carbocycles. The van der Waals surface area contributed by atoms with Gasteiger partial charge in [-0.05, 0) is 18.4 Å². The minimum absolute atomic E-state index is 0.110. The Balaban J connectivity index is 1.56. The van der Waals surface area contributed by atoms with Crippen molar-refractivity contribution < 1.29 is 9.53 Å². The number of nitrogens with zero attached hydrogens (tertiary/aromatic N) is 3. The first kappa shape index (κ1) is 14.9. The number of carbonyl (C=O) groups excluding carboxylic acids is 1. The lowest BCUT2D eigenvalue weighted by Crippen LogP contribution is -2.14. The van der Waals surface area contributed by atoms with Crippen LogP contribution in [0.2, 0.25) is 0 Å². The summed E-state index contributed by atoms with van der Waals surface area (Å²) in [4.78, 5) is 16.1. The van der Waals surface area contributed by atoms with E-state index in [4.69, 9.17) is 4.74 Å². The standard InChI is InChI=1S/C15H18N4O2S/c1-21-13-7-6-10(9-16-13)8-12(20)17-15-19-18-14(22-15)11-4-2-3-5-11/h6-7,9,11H,2-5,8H2,1H3,(H,17,19,20). The van der Waals surface area contributed by atoms with E-state index in [2.05, 4.69) is 20.5 Å². The second-order valence-electron chi connectivity index (χ2n) is 5.36. The molecule has 3 rings (SSSR count). The molecule has 0 aliphatic heterocycles. The van der Waals surface area contributed by atoms with Gasteiger partial charge in [0.1, 0.15) is 5.01 Å². The average molecular weight is 318 g/mol. The zero-order valence-electron chi connectivity index (χ0n) is 12.4. The Morgan fingerprint density at radius 1 is 1.36 bits per heavy atom. The van der Waals surface area contributed by atoms with Crippen LogP contribution in [0, 0.1) is 0 Å². The van der Waals surface area contributed by atoms with Crippen LogP contribution in [0.25, 0.3) is 0 Å². The number of pyridine rings is 1. The van der Waals surface area contributed by atoms with Gasteiger partial charge in [-0.25, -0.2) is 4.98 Å². The third-order valence-electron chi connectivity index (χ3n) is 3.76. The molecule has 2 aromatic rings. The van der Waals surface area contributed by atoms with Gasteiger partial charge in [-0.1, -0.05) is 30.2 Å². The predicted octanol–water partition coefficient (Wildman–Crippen LogP) is 2.78. The van der Waals surface area contributed by atoms with Crippen molar-refractivity contribution in [2.75, 3.05) is 12.4 Å². The van der Waals surface area contributed by atoms with E-state index in [0.717, 1.165) is 10.6 Å². The van der Waals surface area contributed by atoms with Crippen LogP contribution in [0.15, 0.2) is 18.3 Å². The van der Waals surface area contributed by atoms with Gasteiger partial charge >= 0.3 is 0 Å². The first-order valence-corrected chi connectivity index (χ1v) is 8.18. The van der Waals surface area contributed by atoms with Crippen LogP contribution in [0.5, 0.6) is 5.88 Å². The van der Waals surface area contributed by atoms with Crippen molar-refractivity contribution >= 4 is 22.4 Å². The minimum atomic E-state index is -0.110. The van der Waals surface area contributed by atoms with Gasteiger partial charge in [0.25, 0.3) is 0 Å². The number of methoxy groups -OCH3 is 1. The van der Waals surface area contributed by atoms with Gasteiger partial charge in [0, 0.05) is 18.2 Å². The maximum atomic E-state index is 12.0. The van der Waals surface area contributed by atoms with Crippen molar-refractivity contribution in [2.24, 2.45) is 0 Å². The Morgan fingerprint density at radius 3 is 2.86 bits per heavy atom. The highest BCUT2D eigenvalue weighted by Gasteiger charge is 2.21. The first-order valence-electron chi connectivity index (χ1n) is 7.37. The largest absolute Gasteiger partial charge is 0.481 e. The highest BCUT2D eigenvalue weighted by Crippen LogP contribution is 2.36. The minimum Gasteiger partial charge on any atom is -0.481 e. The fourth-order valence-electron chi connectivity index (χ4n) is 2.61. The van der Waals surface area contributed by atoms with E-state index in [9.17, 15) is 4.79 Å². The molecule has 6 nitrogen and oxygen atoms in total. The average Bonchev–Trinajstić information content (AvgIpc) is 3.19. The predicted molar refractivity (Wildman–Crippen MR) is 84.2 cm³/mol. The second-order valence-corrected chi connectivity index (χ2v) is 6.37. The molecule has 1 amide bonds. The van der Waals surface area contributed by atoms with Crippen molar-refractivity contribution in [1.82, 2.24) is 15.2 Å². The molecule has 0 radical (unpaired) electrons. The van der Waals surface area contributed by atoms with Gasteiger partial charge in [0.05, 0.1) is 13.5 Å². The van der Waals surface area contributed by atoms with Gasteiger partial charge in [-0.2, -0.15) is 0 Å². The number of hydrogen-bond acceptors (Lipinski definition) is 6. The number of hydrogen-bond donors (Lipinski definition) is 1. The van der Waals surface area contributed by atoms with Gasteiger partial charge in [-0.15, -0.1) is 10.2 Å². The lowest BCUT2D eigenvalue weighted by molar-refractivity contribution is -0.115. The van der Waals surface area contributed by atoms with E-state index in [1.165, 1.54) is 37.0 Å². The molecule has 1 saturated carbocycles. The number of amides is 1. The van der Waals surface area contributed by atoms with E-state index < -0.39 is 0 Å². The molecular weight excluding hydrogens is 300 g/mol. The summed E-state index contributed by atoms with van der Waals surface area (Å²) in [6.45, 7) is 0. The van der Waals surface area contributed by atoms with Crippen molar-refractivity contribution in [1.29, 1.82) is 0 Å². The zero-order chi connectivity index (χ0) is 15.4. The Morgan fingerprint density at radius 2 is 2.18 bits per heavy atom. The highest BCUT2D eigenvalue weighted by molar-refractivity contribution is 7.15. The van der Waals surface area contributed by atoms with Crippen LogP contribution in [-0.2, 0) is 11.2 Å². The summed E-state index contributed by atoms with van der Waals surface area (Å²) in [5, 5.41) is 12.7. The molecule has 1 N–H and O–H groups in total. The third kappa shape index (κ3) is 3.59. The van der Waals surface area contributed by atoms with Gasteiger partial charge in [0.15, 0.2) is 0 Å². The maximum Gasteiger partial charge on any atom is 0.230 e. The summed E-state index contributed by atoms with van der Waals surface area (Å²) in [5.74, 6) is 0.949. The molecule has 2 aromatic heterocycles. The second kappa shape index (κ2) is 6.83. The quantitative estimate of drug-likeness (QED) is 0.917. The van der Waals surface area contributed by atoms with E-state index in [1.807, 2.05) is 6.07 Å². The summed E-state index contributed by atoms with van der Waals surface area (Å²) in [6, 6.07) is 3.57. The van der Waals surface area contributed by atoms with E-state index in [-0.39, 0.29) is 12.3 Å². The first-order chi connectivity index (χ1) is 10.7. The molecule has 0 spiro atoms. The molecule has 7 heteroatoms. The third-order valence-corrected chi connectivity index (χ3v) is 4.76. The Kier molecular flexibility index (Phi) is 4.62. The van der Waals surface area contributed by atoms with Crippen molar-refractivity contribution in [2.45, 2.75) is 38.0 Å². The van der Waals surface area contributed by atoms with E-state index >= 15 is 0 Å². The van der Waals surface area contributed by atoms with Crippen molar-refractivity contribution in [3.8, 4) is 5.88 Å². The topological polar surface area (TPSA) is 77.0 Å². The van der Waals surface area contributed by atoms with E-state index in [0.29, 0.717) is 16.9 Å². The van der Waals surface area contributed by atoms with Crippen molar-refractivity contribution in [3.05, 3.63) is 28.9 Å². The Labute approximate surface area is 132 Å². The molecule has 0 atom stereocenters. The zero-order valence-corrected chi connectivity index (χ0v) is 13.2. The molecule has 1 aliphatic rings. The fourth-order valence-corrected chi connectivity index (χ4v) is 3.54. The number of aromatic nitrogens is 3. The van der Waals surface area contributed by atoms with Crippen LogP contribution in [-0.4, -0.2) is 28.2 Å². The summed E-state index contributed by atoms with van der Waals surface area (Å²) in [7, 11) is 1.56. The van der Waals surface area contributed by atoms with Crippen LogP contribution >= 0.6 is 11.3 Å². The molecular formula is C15H18N4O2S.